The Labute approximate surface area is 115 Å². The molecule has 0 fully saturated rings. The van der Waals surface area contributed by atoms with Gasteiger partial charge in [-0.2, -0.15) is 0 Å². The molecule has 0 spiro atoms. The Balaban J connectivity index is 1.88. The third-order valence-electron chi connectivity index (χ3n) is 2.86. The molecule has 4 nitrogen and oxygen atoms in total. The lowest BCUT2D eigenvalue weighted by Crippen LogP contribution is -2.12. The molecule has 0 saturated heterocycles. The van der Waals surface area contributed by atoms with Gasteiger partial charge >= 0.3 is 0 Å². The molecule has 1 aliphatic heterocycles. The van der Waals surface area contributed by atoms with Crippen LogP contribution >= 0.6 is 11.3 Å². The molecular weight excluding hydrogens is 262 g/mol. The van der Waals surface area contributed by atoms with Crippen LogP contribution in [-0.4, -0.2) is 12.7 Å². The lowest BCUT2D eigenvalue weighted by Gasteiger charge is -2.09. The van der Waals surface area contributed by atoms with Crippen molar-refractivity contribution in [1.29, 1.82) is 0 Å². The molecule has 2 heterocycles. The number of anilines is 1. The summed E-state index contributed by atoms with van der Waals surface area (Å²) in [5, 5.41) is 4.68. The van der Waals surface area contributed by atoms with Crippen molar-refractivity contribution in [3.8, 4) is 11.5 Å². The van der Waals surface area contributed by atoms with E-state index >= 15 is 0 Å². The molecule has 0 bridgehead atoms. The molecule has 1 aliphatic rings. The van der Waals surface area contributed by atoms with Crippen LogP contribution in [0.25, 0.3) is 0 Å². The fraction of sp³-hybridized carbons (Fsp3) is 0.143. The maximum absolute atomic E-state index is 12.1. The Morgan fingerprint density at radius 2 is 2.11 bits per heavy atom. The van der Waals surface area contributed by atoms with E-state index < -0.39 is 0 Å². The monoisotopic (exact) mass is 273 g/mol. The van der Waals surface area contributed by atoms with Gasteiger partial charge < -0.3 is 14.8 Å². The van der Waals surface area contributed by atoms with Crippen LogP contribution in [0.15, 0.2) is 23.6 Å². The van der Waals surface area contributed by atoms with Gasteiger partial charge in [0, 0.05) is 18.7 Å². The maximum atomic E-state index is 12.1. The minimum Gasteiger partial charge on any atom is -0.454 e. The van der Waals surface area contributed by atoms with Gasteiger partial charge in [0.25, 0.3) is 5.91 Å². The first-order chi connectivity index (χ1) is 9.15. The fourth-order valence-electron chi connectivity index (χ4n) is 1.85. The molecule has 96 valence electrons. The van der Waals surface area contributed by atoms with Crippen LogP contribution in [0, 0.1) is 13.8 Å². The predicted octanol–water partition coefficient (Wildman–Crippen LogP) is 3.10. The number of carbonyl (C=O) groups excluding carboxylic acids is 1. The quantitative estimate of drug-likeness (QED) is 0.914. The highest BCUT2D eigenvalue weighted by Crippen LogP contribution is 2.36. The number of rotatable bonds is 2. The minimum absolute atomic E-state index is 0.168. The SMILES string of the molecule is [CH]c1cc2c(cc1NC(=O)c1sccc1C)OCO2. The summed E-state index contributed by atoms with van der Waals surface area (Å²) >= 11 is 1.40. The van der Waals surface area contributed by atoms with Crippen molar-refractivity contribution in [1.82, 2.24) is 0 Å². The average Bonchev–Trinajstić information content (AvgIpc) is 2.98. The molecule has 0 aliphatic carbocycles. The number of ether oxygens (including phenoxy) is 2. The smallest absolute Gasteiger partial charge is 0.266 e. The van der Waals surface area contributed by atoms with Crippen LogP contribution in [-0.2, 0) is 0 Å². The van der Waals surface area contributed by atoms with Crippen molar-refractivity contribution in [2.75, 3.05) is 12.1 Å². The van der Waals surface area contributed by atoms with Gasteiger partial charge in [-0.25, -0.2) is 0 Å². The molecule has 1 aromatic carbocycles. The van der Waals surface area contributed by atoms with Crippen molar-refractivity contribution in [2.45, 2.75) is 6.92 Å². The molecule has 0 unspecified atom stereocenters. The highest BCUT2D eigenvalue weighted by atomic mass is 32.1. The van der Waals surface area contributed by atoms with Gasteiger partial charge in [-0.1, -0.05) is 0 Å². The van der Waals surface area contributed by atoms with Crippen LogP contribution < -0.4 is 14.8 Å². The second-order valence-electron chi connectivity index (χ2n) is 4.18. The zero-order valence-corrected chi connectivity index (χ0v) is 11.0. The minimum atomic E-state index is -0.168. The summed E-state index contributed by atoms with van der Waals surface area (Å²) in [6.45, 7) is 7.96. The Kier molecular flexibility index (Phi) is 2.91. The molecule has 0 atom stereocenters. The average molecular weight is 273 g/mol. The van der Waals surface area contributed by atoms with Crippen molar-refractivity contribution < 1.29 is 14.3 Å². The van der Waals surface area contributed by atoms with Crippen LogP contribution in [0.5, 0.6) is 11.5 Å². The first kappa shape index (κ1) is 12.0. The van der Waals surface area contributed by atoms with E-state index in [1.165, 1.54) is 11.3 Å². The number of amides is 1. The van der Waals surface area contributed by atoms with Crippen LogP contribution in [0.1, 0.15) is 20.8 Å². The van der Waals surface area contributed by atoms with E-state index in [0.717, 1.165) is 5.56 Å². The number of carbonyl (C=O) groups is 1. The number of hydrogen-bond donors (Lipinski definition) is 1. The van der Waals surface area contributed by atoms with Gasteiger partial charge in [-0.3, -0.25) is 4.79 Å². The molecule has 5 heteroatoms. The standard InChI is InChI=1S/C14H11NO3S/c1-8-3-4-19-13(8)14(16)15-10-6-12-11(5-9(10)2)17-7-18-12/h2-6H,7H2,1H3,(H,15,16). The van der Waals surface area contributed by atoms with Gasteiger partial charge in [0.15, 0.2) is 11.5 Å². The number of fused-ring (bicyclic) bond motifs is 1. The van der Waals surface area contributed by atoms with Gasteiger partial charge in [-0.15, -0.1) is 11.3 Å². The molecule has 1 N–H and O–H groups in total. The zero-order valence-electron chi connectivity index (χ0n) is 10.2. The summed E-state index contributed by atoms with van der Waals surface area (Å²) in [6, 6.07) is 5.24. The number of thiophene rings is 1. The fourth-order valence-corrected chi connectivity index (χ4v) is 2.67. The number of aryl methyl sites for hydroxylation is 1. The highest BCUT2D eigenvalue weighted by Gasteiger charge is 2.18. The third kappa shape index (κ3) is 2.17. The van der Waals surface area contributed by atoms with Gasteiger partial charge in [0.2, 0.25) is 6.79 Å². The zero-order chi connectivity index (χ0) is 13.4. The normalized spacial score (nSPS) is 12.5. The lowest BCUT2D eigenvalue weighted by molar-refractivity contribution is 0.103. The van der Waals surface area contributed by atoms with Gasteiger partial charge in [-0.05, 0) is 35.6 Å². The van der Waals surface area contributed by atoms with E-state index in [2.05, 4.69) is 5.32 Å². The Bertz CT molecular complexity index is 648. The van der Waals surface area contributed by atoms with E-state index in [1.54, 1.807) is 12.1 Å². The Morgan fingerprint density at radius 3 is 2.79 bits per heavy atom. The highest BCUT2D eigenvalue weighted by molar-refractivity contribution is 7.12. The third-order valence-corrected chi connectivity index (χ3v) is 3.88. The van der Waals surface area contributed by atoms with E-state index in [4.69, 9.17) is 16.4 Å². The molecule has 1 aromatic heterocycles. The van der Waals surface area contributed by atoms with Crippen molar-refractivity contribution in [2.24, 2.45) is 0 Å². The molecular formula is C14H11NO3S. The van der Waals surface area contributed by atoms with E-state index in [9.17, 15) is 4.79 Å². The molecule has 0 saturated carbocycles. The topological polar surface area (TPSA) is 47.6 Å². The summed E-state index contributed by atoms with van der Waals surface area (Å²) in [6.07, 6.45) is 0. The van der Waals surface area contributed by atoms with E-state index in [0.29, 0.717) is 27.6 Å². The largest absolute Gasteiger partial charge is 0.454 e. The van der Waals surface area contributed by atoms with Gasteiger partial charge in [0.05, 0.1) is 4.88 Å². The summed E-state index contributed by atoms with van der Waals surface area (Å²) in [5.41, 5.74) is 1.93. The number of nitrogens with one attached hydrogen (secondary N) is 1. The maximum Gasteiger partial charge on any atom is 0.266 e. The summed E-state index contributed by atoms with van der Waals surface area (Å²) in [4.78, 5) is 12.8. The Morgan fingerprint density at radius 1 is 1.37 bits per heavy atom. The molecule has 2 aromatic rings. The van der Waals surface area contributed by atoms with Crippen molar-refractivity contribution in [3.63, 3.8) is 0 Å². The summed E-state index contributed by atoms with van der Waals surface area (Å²) < 4.78 is 10.5. The molecule has 19 heavy (non-hydrogen) atoms. The molecule has 3 rings (SSSR count). The van der Waals surface area contributed by atoms with Crippen molar-refractivity contribution in [3.05, 3.63) is 46.5 Å². The summed E-state index contributed by atoms with van der Waals surface area (Å²) in [5.74, 6) is 1.02. The molecule has 1 amide bonds. The van der Waals surface area contributed by atoms with Crippen molar-refractivity contribution >= 4 is 22.9 Å². The van der Waals surface area contributed by atoms with Crippen LogP contribution in [0.3, 0.4) is 0 Å². The molecule has 2 radical (unpaired) electrons. The first-order valence-electron chi connectivity index (χ1n) is 5.69. The Hall–Kier alpha value is -2.01. The summed E-state index contributed by atoms with van der Waals surface area (Å²) in [7, 11) is 0. The predicted molar refractivity (Wildman–Crippen MR) is 73.0 cm³/mol. The van der Waals surface area contributed by atoms with Crippen LogP contribution in [0.4, 0.5) is 5.69 Å². The van der Waals surface area contributed by atoms with E-state index in [1.807, 2.05) is 18.4 Å². The second kappa shape index (κ2) is 4.59. The lowest BCUT2D eigenvalue weighted by atomic mass is 10.1. The van der Waals surface area contributed by atoms with E-state index in [-0.39, 0.29) is 12.7 Å². The van der Waals surface area contributed by atoms with Gasteiger partial charge in [0.1, 0.15) is 0 Å². The second-order valence-corrected chi connectivity index (χ2v) is 5.10. The number of hydrogen-bond acceptors (Lipinski definition) is 4. The first-order valence-corrected chi connectivity index (χ1v) is 6.57. The van der Waals surface area contributed by atoms with Crippen LogP contribution in [0.2, 0.25) is 0 Å². The number of benzene rings is 1.